The average molecular weight is 390 g/mol. The third-order valence-electron chi connectivity index (χ3n) is 4.93. The molecule has 1 heterocycles. The van der Waals surface area contributed by atoms with Gasteiger partial charge in [0.25, 0.3) is 0 Å². The number of benzene rings is 1. The lowest BCUT2D eigenvalue weighted by atomic mass is 9.93. The molecule has 1 aromatic carbocycles. The molecular formula is C19H33Cl2N3O. The normalized spacial score (nSPS) is 19.3. The van der Waals surface area contributed by atoms with Gasteiger partial charge < -0.3 is 11.1 Å². The van der Waals surface area contributed by atoms with Crippen LogP contribution in [0.5, 0.6) is 0 Å². The summed E-state index contributed by atoms with van der Waals surface area (Å²) in [4.78, 5) is 14.9. The molecule has 144 valence electrons. The molecule has 1 aromatic rings. The van der Waals surface area contributed by atoms with Crippen LogP contribution in [-0.4, -0.2) is 36.0 Å². The van der Waals surface area contributed by atoms with Crippen molar-refractivity contribution in [3.05, 3.63) is 35.4 Å². The minimum absolute atomic E-state index is 0. The fourth-order valence-corrected chi connectivity index (χ4v) is 3.19. The van der Waals surface area contributed by atoms with E-state index in [1.807, 2.05) is 31.2 Å². The van der Waals surface area contributed by atoms with E-state index < -0.39 is 6.04 Å². The summed E-state index contributed by atoms with van der Waals surface area (Å²) in [5.74, 6) is 0.625. The first-order valence-electron chi connectivity index (χ1n) is 8.64. The second-order valence-corrected chi connectivity index (χ2v) is 7.61. The van der Waals surface area contributed by atoms with E-state index in [1.54, 1.807) is 0 Å². The monoisotopic (exact) mass is 389 g/mol. The van der Waals surface area contributed by atoms with E-state index in [2.05, 4.69) is 31.0 Å². The van der Waals surface area contributed by atoms with Crippen molar-refractivity contribution in [1.29, 1.82) is 0 Å². The van der Waals surface area contributed by atoms with Crippen molar-refractivity contribution >= 4 is 30.7 Å². The molecule has 2 unspecified atom stereocenters. The molecule has 1 fully saturated rings. The molecule has 2 rings (SSSR count). The number of carbonyl (C=O) groups is 1. The van der Waals surface area contributed by atoms with Gasteiger partial charge in [-0.3, -0.25) is 9.69 Å². The van der Waals surface area contributed by atoms with E-state index in [4.69, 9.17) is 5.73 Å². The van der Waals surface area contributed by atoms with E-state index in [0.717, 1.165) is 24.6 Å². The Labute approximate surface area is 164 Å². The van der Waals surface area contributed by atoms with Crippen LogP contribution < -0.4 is 11.1 Å². The molecule has 1 saturated heterocycles. The van der Waals surface area contributed by atoms with E-state index in [1.165, 1.54) is 18.4 Å². The largest absolute Gasteiger partial charge is 0.353 e. The Kier molecular flexibility index (Phi) is 10.0. The molecule has 3 N–H and O–H groups in total. The minimum Gasteiger partial charge on any atom is -0.353 e. The Morgan fingerprint density at radius 1 is 1.32 bits per heavy atom. The van der Waals surface area contributed by atoms with Gasteiger partial charge in [-0.25, -0.2) is 0 Å². The molecule has 1 aliphatic rings. The van der Waals surface area contributed by atoms with Gasteiger partial charge in [-0.05, 0) is 51.6 Å². The minimum atomic E-state index is -0.605. The number of carbonyl (C=O) groups excluding carboxylic acids is 1. The van der Waals surface area contributed by atoms with Gasteiger partial charge in [0.15, 0.2) is 0 Å². The van der Waals surface area contributed by atoms with Crippen molar-refractivity contribution < 1.29 is 4.79 Å². The summed E-state index contributed by atoms with van der Waals surface area (Å²) >= 11 is 0. The zero-order valence-corrected chi connectivity index (χ0v) is 17.4. The number of nitrogens with zero attached hydrogens (tertiary/aromatic N) is 1. The van der Waals surface area contributed by atoms with Crippen LogP contribution in [0.4, 0.5) is 0 Å². The number of halogens is 2. The lowest BCUT2D eigenvalue weighted by molar-refractivity contribution is -0.123. The highest BCUT2D eigenvalue weighted by molar-refractivity contribution is 5.85. The quantitative estimate of drug-likeness (QED) is 0.810. The second kappa shape index (κ2) is 10.4. The Morgan fingerprint density at radius 2 is 1.92 bits per heavy atom. The molecule has 1 amide bonds. The van der Waals surface area contributed by atoms with Crippen molar-refractivity contribution in [3.8, 4) is 0 Å². The van der Waals surface area contributed by atoms with Gasteiger partial charge >= 0.3 is 0 Å². The number of piperidine rings is 1. The molecule has 1 aliphatic heterocycles. The Balaban J connectivity index is 0.00000288. The van der Waals surface area contributed by atoms with Gasteiger partial charge in [-0.1, -0.05) is 36.8 Å². The molecule has 25 heavy (non-hydrogen) atoms. The lowest BCUT2D eigenvalue weighted by Gasteiger charge is -2.43. The van der Waals surface area contributed by atoms with Crippen LogP contribution in [0.2, 0.25) is 0 Å². The summed E-state index contributed by atoms with van der Waals surface area (Å²) in [6.07, 6.45) is 2.54. The molecular weight excluding hydrogens is 357 g/mol. The van der Waals surface area contributed by atoms with Gasteiger partial charge in [0.1, 0.15) is 6.04 Å². The van der Waals surface area contributed by atoms with Crippen LogP contribution in [0.25, 0.3) is 0 Å². The van der Waals surface area contributed by atoms with Crippen LogP contribution >= 0.6 is 24.8 Å². The number of nitrogens with one attached hydrogen (secondary N) is 1. The standard InChI is InChI=1S/C19H31N3O.2ClH/c1-14-7-9-16(10-8-14)17(20)18(23)21-13-19(3,4)22-11-5-6-15(2)12-22;;/h7-10,15,17H,5-6,11-13,20H2,1-4H3,(H,21,23);2*1H. The highest BCUT2D eigenvalue weighted by atomic mass is 35.5. The van der Waals surface area contributed by atoms with Gasteiger partial charge in [0.05, 0.1) is 0 Å². The number of nitrogens with two attached hydrogens (primary N) is 1. The summed E-state index contributed by atoms with van der Waals surface area (Å²) in [6.45, 7) is 11.6. The van der Waals surface area contributed by atoms with Crippen LogP contribution in [-0.2, 0) is 4.79 Å². The number of aryl methyl sites for hydroxylation is 1. The van der Waals surface area contributed by atoms with Crippen LogP contribution in [0.3, 0.4) is 0 Å². The van der Waals surface area contributed by atoms with Gasteiger partial charge in [-0.15, -0.1) is 24.8 Å². The third-order valence-corrected chi connectivity index (χ3v) is 4.93. The van der Waals surface area contributed by atoms with Crippen molar-refractivity contribution in [3.63, 3.8) is 0 Å². The Hall–Kier alpha value is -0.810. The Bertz CT molecular complexity index is 534. The SMILES string of the molecule is Cc1ccc(C(N)C(=O)NCC(C)(C)N2CCCC(C)C2)cc1.Cl.Cl. The van der Waals surface area contributed by atoms with Crippen molar-refractivity contribution in [2.75, 3.05) is 19.6 Å². The van der Waals surface area contributed by atoms with Crippen molar-refractivity contribution in [2.24, 2.45) is 11.7 Å². The zero-order chi connectivity index (χ0) is 17.0. The van der Waals surface area contributed by atoms with Crippen molar-refractivity contribution in [1.82, 2.24) is 10.2 Å². The first-order valence-corrected chi connectivity index (χ1v) is 8.64. The molecule has 0 radical (unpaired) electrons. The molecule has 0 spiro atoms. The molecule has 6 heteroatoms. The third kappa shape index (κ3) is 6.78. The van der Waals surface area contributed by atoms with E-state index in [-0.39, 0.29) is 36.3 Å². The van der Waals surface area contributed by atoms with E-state index >= 15 is 0 Å². The fourth-order valence-electron chi connectivity index (χ4n) is 3.19. The highest BCUT2D eigenvalue weighted by Crippen LogP contribution is 2.23. The maximum Gasteiger partial charge on any atom is 0.241 e. The summed E-state index contributed by atoms with van der Waals surface area (Å²) < 4.78 is 0. The lowest BCUT2D eigenvalue weighted by Crippen LogP contribution is -2.55. The molecule has 4 nitrogen and oxygen atoms in total. The maximum absolute atomic E-state index is 12.4. The van der Waals surface area contributed by atoms with Gasteiger partial charge in [0, 0.05) is 18.6 Å². The number of amides is 1. The Morgan fingerprint density at radius 3 is 2.48 bits per heavy atom. The van der Waals surface area contributed by atoms with Crippen LogP contribution in [0, 0.1) is 12.8 Å². The van der Waals surface area contributed by atoms with Crippen molar-refractivity contribution in [2.45, 2.75) is 52.1 Å². The summed E-state index contributed by atoms with van der Waals surface area (Å²) in [6, 6.07) is 7.23. The molecule has 2 atom stereocenters. The van der Waals surface area contributed by atoms with Crippen LogP contribution in [0.15, 0.2) is 24.3 Å². The first kappa shape index (κ1) is 24.2. The summed E-state index contributed by atoms with van der Waals surface area (Å²) in [5.41, 5.74) is 8.08. The van der Waals surface area contributed by atoms with Gasteiger partial charge in [0.2, 0.25) is 5.91 Å². The fraction of sp³-hybridized carbons (Fsp3) is 0.632. The number of rotatable bonds is 5. The predicted molar refractivity (Wildman–Crippen MR) is 110 cm³/mol. The van der Waals surface area contributed by atoms with Crippen LogP contribution in [0.1, 0.15) is 50.8 Å². The predicted octanol–water partition coefficient (Wildman–Crippen LogP) is 3.47. The maximum atomic E-state index is 12.4. The number of hydrogen-bond donors (Lipinski definition) is 2. The molecule has 0 aliphatic carbocycles. The van der Waals surface area contributed by atoms with Gasteiger partial charge in [-0.2, -0.15) is 0 Å². The zero-order valence-electron chi connectivity index (χ0n) is 15.7. The molecule has 0 saturated carbocycles. The average Bonchev–Trinajstić information content (AvgIpc) is 2.53. The molecule has 0 aromatic heterocycles. The van der Waals surface area contributed by atoms with E-state index in [9.17, 15) is 4.79 Å². The topological polar surface area (TPSA) is 58.4 Å². The second-order valence-electron chi connectivity index (χ2n) is 7.61. The number of likely N-dealkylation sites (tertiary alicyclic amines) is 1. The summed E-state index contributed by atoms with van der Waals surface area (Å²) in [5, 5.41) is 3.04. The molecule has 0 bridgehead atoms. The van der Waals surface area contributed by atoms with E-state index in [0.29, 0.717) is 6.54 Å². The summed E-state index contributed by atoms with van der Waals surface area (Å²) in [7, 11) is 0. The highest BCUT2D eigenvalue weighted by Gasteiger charge is 2.31. The first-order chi connectivity index (χ1) is 10.8. The smallest absolute Gasteiger partial charge is 0.241 e. The number of hydrogen-bond acceptors (Lipinski definition) is 3.